The van der Waals surface area contributed by atoms with E-state index in [0.29, 0.717) is 16.8 Å². The van der Waals surface area contributed by atoms with E-state index in [4.69, 9.17) is 12.2 Å². The Hall–Kier alpha value is -2.85. The van der Waals surface area contributed by atoms with Crippen LogP contribution in [0.4, 0.5) is 4.39 Å². The van der Waals surface area contributed by atoms with Gasteiger partial charge in [0.1, 0.15) is 10.5 Å². The van der Waals surface area contributed by atoms with Gasteiger partial charge in [0.2, 0.25) is 11.8 Å². The molecule has 1 aromatic carbocycles. The lowest BCUT2D eigenvalue weighted by molar-refractivity contribution is -0.128. The average Bonchev–Trinajstić information content (AvgIpc) is 3.27. The molecule has 4 rings (SSSR count). The largest absolute Gasteiger partial charge is 0.338 e. The monoisotopic (exact) mass is 418 g/mol. The van der Waals surface area contributed by atoms with Gasteiger partial charge in [0.15, 0.2) is 4.77 Å². The molecule has 1 aliphatic rings. The molecule has 2 aromatic heterocycles. The topological polar surface area (TPSA) is 87.2 Å². The Bertz CT molecular complexity index is 1180. The Labute approximate surface area is 167 Å². The number of carbonyl (C=O) groups is 2. The van der Waals surface area contributed by atoms with Gasteiger partial charge in [-0.05, 0) is 41.4 Å². The fourth-order valence-electron chi connectivity index (χ4n) is 3.15. The number of aromatic nitrogens is 2. The number of carbonyl (C=O) groups excluding carboxylic acids is 2. The van der Waals surface area contributed by atoms with Gasteiger partial charge in [0.25, 0.3) is 5.56 Å². The van der Waals surface area contributed by atoms with Gasteiger partial charge in [-0.3, -0.25) is 19.8 Å². The van der Waals surface area contributed by atoms with Crippen molar-refractivity contribution in [3.05, 3.63) is 62.2 Å². The van der Waals surface area contributed by atoms with Crippen molar-refractivity contribution < 1.29 is 14.0 Å². The highest BCUT2D eigenvalue weighted by Gasteiger charge is 2.34. The van der Waals surface area contributed by atoms with Gasteiger partial charge < -0.3 is 9.88 Å². The highest BCUT2D eigenvalue weighted by Crippen LogP contribution is 2.21. The van der Waals surface area contributed by atoms with E-state index >= 15 is 0 Å². The Morgan fingerprint density at radius 2 is 2.04 bits per heavy atom. The fourth-order valence-corrected chi connectivity index (χ4v) is 4.17. The maximum atomic E-state index is 13.0. The average molecular weight is 418 g/mol. The summed E-state index contributed by atoms with van der Waals surface area (Å²) in [4.78, 5) is 41.9. The first kappa shape index (κ1) is 18.5. The molecule has 0 bridgehead atoms. The molecular weight excluding hydrogens is 403 g/mol. The molecule has 1 fully saturated rings. The first-order valence-corrected chi connectivity index (χ1v) is 9.77. The third kappa shape index (κ3) is 3.48. The Balaban J connectivity index is 1.49. The Kier molecular flexibility index (Phi) is 4.82. The van der Waals surface area contributed by atoms with Crippen molar-refractivity contribution in [2.45, 2.75) is 13.0 Å². The first-order chi connectivity index (χ1) is 13.4. The summed E-state index contributed by atoms with van der Waals surface area (Å²) in [6.45, 7) is 0.512. The molecule has 0 saturated carbocycles. The van der Waals surface area contributed by atoms with Gasteiger partial charge in [-0.25, -0.2) is 4.39 Å². The smallest absolute Gasteiger partial charge is 0.291 e. The Morgan fingerprint density at radius 3 is 2.79 bits per heavy atom. The predicted molar refractivity (Wildman–Crippen MR) is 106 cm³/mol. The van der Waals surface area contributed by atoms with Gasteiger partial charge in [-0.1, -0.05) is 12.1 Å². The Morgan fingerprint density at radius 1 is 1.29 bits per heavy atom. The molecule has 28 heavy (non-hydrogen) atoms. The molecule has 10 heteroatoms. The van der Waals surface area contributed by atoms with Crippen molar-refractivity contribution in [3.8, 4) is 0 Å². The fraction of sp³-hybridized carbons (Fsp3) is 0.222. The predicted octanol–water partition coefficient (Wildman–Crippen LogP) is 2.38. The van der Waals surface area contributed by atoms with Crippen LogP contribution >= 0.6 is 23.6 Å². The number of nitrogens with one attached hydrogen (secondary N) is 2. The number of thiophene rings is 1. The van der Waals surface area contributed by atoms with E-state index in [-0.39, 0.29) is 29.5 Å². The van der Waals surface area contributed by atoms with Gasteiger partial charge in [-0.2, -0.15) is 4.68 Å². The number of hydrogen-bond donors (Lipinski definition) is 2. The summed E-state index contributed by atoms with van der Waals surface area (Å²) in [5.41, 5.74) is 3.51. The first-order valence-electron chi connectivity index (χ1n) is 8.48. The molecule has 1 atom stereocenters. The van der Waals surface area contributed by atoms with Gasteiger partial charge >= 0.3 is 0 Å². The van der Waals surface area contributed by atoms with Gasteiger partial charge in [0.05, 0.1) is 11.4 Å². The second-order valence-corrected chi connectivity index (χ2v) is 7.81. The number of hydrogen-bond acceptors (Lipinski definition) is 5. The molecule has 144 valence electrons. The summed E-state index contributed by atoms with van der Waals surface area (Å²) in [7, 11) is 0. The van der Waals surface area contributed by atoms with Crippen LogP contribution in [0.2, 0.25) is 0 Å². The van der Waals surface area contributed by atoms with E-state index < -0.39 is 17.4 Å². The van der Waals surface area contributed by atoms with Crippen molar-refractivity contribution in [2.75, 3.05) is 12.0 Å². The summed E-state index contributed by atoms with van der Waals surface area (Å²) in [5.74, 6) is -1.57. The van der Waals surface area contributed by atoms with Crippen LogP contribution in [0.3, 0.4) is 0 Å². The molecular formula is C18H15FN4O3S2. The molecule has 2 amide bonds. The SMILES string of the molecule is O=C(Nn1c(=S)[nH]c2ccsc2c1=O)C1CC(=O)N(Cc2ccc(F)cc2)C1. The normalized spacial score (nSPS) is 16.7. The van der Waals surface area contributed by atoms with Gasteiger partial charge in [0, 0.05) is 19.5 Å². The van der Waals surface area contributed by atoms with Crippen LogP contribution in [0.1, 0.15) is 12.0 Å². The van der Waals surface area contributed by atoms with Crippen LogP contribution in [0, 0.1) is 16.5 Å². The number of amides is 2. The van der Waals surface area contributed by atoms with E-state index in [0.717, 1.165) is 10.2 Å². The number of H-pyrrole nitrogens is 1. The molecule has 7 nitrogen and oxygen atoms in total. The number of nitrogens with zero attached hydrogens (tertiary/aromatic N) is 2. The van der Waals surface area contributed by atoms with E-state index in [9.17, 15) is 18.8 Å². The molecule has 1 unspecified atom stereocenters. The second-order valence-electron chi connectivity index (χ2n) is 6.51. The third-order valence-corrected chi connectivity index (χ3v) is 5.79. The molecule has 0 aliphatic carbocycles. The number of likely N-dealkylation sites (tertiary alicyclic amines) is 1. The minimum Gasteiger partial charge on any atom is -0.338 e. The van der Waals surface area contributed by atoms with E-state index in [1.165, 1.54) is 23.5 Å². The zero-order chi connectivity index (χ0) is 19.8. The lowest BCUT2D eigenvalue weighted by Crippen LogP contribution is -2.38. The lowest BCUT2D eigenvalue weighted by atomic mass is 10.1. The standard InChI is InChI=1S/C18H15FN4O3S2/c19-12-3-1-10(2-4-12)8-22-9-11(7-14(22)24)16(25)21-23-17(26)15-13(5-6-28-15)20-18(23)27/h1-6,11H,7-9H2,(H,20,27)(H,21,25). The number of halogens is 1. The van der Waals surface area contributed by atoms with Crippen molar-refractivity contribution >= 4 is 45.6 Å². The van der Waals surface area contributed by atoms with Crippen molar-refractivity contribution in [3.63, 3.8) is 0 Å². The second kappa shape index (κ2) is 7.28. The zero-order valence-electron chi connectivity index (χ0n) is 14.5. The summed E-state index contributed by atoms with van der Waals surface area (Å²) in [5, 5.41) is 1.76. The van der Waals surface area contributed by atoms with Crippen LogP contribution in [0.15, 0.2) is 40.5 Å². The molecule has 0 radical (unpaired) electrons. The third-order valence-electron chi connectivity index (χ3n) is 4.60. The van der Waals surface area contributed by atoms with Crippen molar-refractivity contribution in [1.82, 2.24) is 14.6 Å². The summed E-state index contributed by atoms with van der Waals surface area (Å²) >= 11 is 6.41. The van der Waals surface area contributed by atoms with E-state index in [1.54, 1.807) is 28.5 Å². The maximum Gasteiger partial charge on any atom is 0.291 e. The van der Waals surface area contributed by atoms with Crippen LogP contribution < -0.4 is 11.0 Å². The highest BCUT2D eigenvalue weighted by atomic mass is 32.1. The van der Waals surface area contributed by atoms with Gasteiger partial charge in [-0.15, -0.1) is 11.3 Å². The van der Waals surface area contributed by atoms with Crippen LogP contribution in [-0.2, 0) is 16.1 Å². The van der Waals surface area contributed by atoms with Crippen LogP contribution in [0.25, 0.3) is 10.2 Å². The lowest BCUT2D eigenvalue weighted by Gasteiger charge is -2.17. The number of rotatable bonds is 4. The number of aromatic amines is 1. The minimum atomic E-state index is -0.603. The van der Waals surface area contributed by atoms with Crippen LogP contribution in [-0.4, -0.2) is 32.9 Å². The van der Waals surface area contributed by atoms with E-state index in [1.807, 2.05) is 0 Å². The van der Waals surface area contributed by atoms with Crippen LogP contribution in [0.5, 0.6) is 0 Å². The minimum absolute atomic E-state index is 0.0412. The molecule has 1 saturated heterocycles. The summed E-state index contributed by atoms with van der Waals surface area (Å²) in [6.07, 6.45) is 0.0412. The molecule has 2 N–H and O–H groups in total. The molecule has 1 aliphatic heterocycles. The maximum absolute atomic E-state index is 13.0. The summed E-state index contributed by atoms with van der Waals surface area (Å²) < 4.78 is 14.6. The quantitative estimate of drug-likeness (QED) is 0.637. The number of fused-ring (bicyclic) bond motifs is 1. The molecule has 3 aromatic rings. The highest BCUT2D eigenvalue weighted by molar-refractivity contribution is 7.71. The van der Waals surface area contributed by atoms with Crippen molar-refractivity contribution in [2.24, 2.45) is 5.92 Å². The van der Waals surface area contributed by atoms with Crippen molar-refractivity contribution in [1.29, 1.82) is 0 Å². The molecule has 0 spiro atoms. The number of benzene rings is 1. The summed E-state index contributed by atoms with van der Waals surface area (Å²) in [6, 6.07) is 7.60. The molecule has 3 heterocycles. The van der Waals surface area contributed by atoms with E-state index in [2.05, 4.69) is 10.4 Å². The zero-order valence-corrected chi connectivity index (χ0v) is 16.1.